The van der Waals surface area contributed by atoms with E-state index in [1.54, 1.807) is 0 Å². The third-order valence-corrected chi connectivity index (χ3v) is 3.14. The molecular formula is C11H26N4. The average Bonchev–Trinajstić information content (AvgIpc) is 2.25. The summed E-state index contributed by atoms with van der Waals surface area (Å²) >= 11 is 0. The van der Waals surface area contributed by atoms with Crippen LogP contribution in [0.15, 0.2) is 0 Å². The van der Waals surface area contributed by atoms with Crippen LogP contribution in [0.2, 0.25) is 0 Å². The second-order valence-corrected chi connectivity index (χ2v) is 4.55. The Labute approximate surface area is 94.2 Å². The normalized spacial score (nSPS) is 20.0. The van der Waals surface area contributed by atoms with Gasteiger partial charge in [0.25, 0.3) is 0 Å². The lowest BCUT2D eigenvalue weighted by molar-refractivity contribution is 0.141. The summed E-state index contributed by atoms with van der Waals surface area (Å²) in [5.41, 5.74) is 0. The second-order valence-electron chi connectivity index (χ2n) is 4.55. The van der Waals surface area contributed by atoms with E-state index in [0.717, 1.165) is 13.1 Å². The fourth-order valence-corrected chi connectivity index (χ4v) is 1.80. The molecule has 1 saturated heterocycles. The van der Waals surface area contributed by atoms with E-state index in [9.17, 15) is 0 Å². The zero-order valence-electron chi connectivity index (χ0n) is 10.5. The summed E-state index contributed by atoms with van der Waals surface area (Å²) in [6.45, 7) is 9.54. The lowest BCUT2D eigenvalue weighted by Crippen LogP contribution is -2.46. The average molecular weight is 214 g/mol. The molecule has 0 aliphatic carbocycles. The van der Waals surface area contributed by atoms with E-state index >= 15 is 0 Å². The number of nitrogens with zero attached hydrogens (tertiary/aromatic N) is 3. The number of nitrogens with one attached hydrogen (secondary N) is 1. The Hall–Kier alpha value is -0.160. The highest BCUT2D eigenvalue weighted by molar-refractivity contribution is 4.70. The van der Waals surface area contributed by atoms with Crippen molar-refractivity contribution in [3.8, 4) is 0 Å². The van der Waals surface area contributed by atoms with Gasteiger partial charge < -0.3 is 15.1 Å². The van der Waals surface area contributed by atoms with E-state index in [2.05, 4.69) is 34.1 Å². The van der Waals surface area contributed by atoms with Crippen molar-refractivity contribution in [2.75, 3.05) is 73.5 Å². The van der Waals surface area contributed by atoms with E-state index in [0.29, 0.717) is 0 Å². The van der Waals surface area contributed by atoms with Gasteiger partial charge in [0.2, 0.25) is 0 Å². The number of piperazine rings is 1. The zero-order valence-corrected chi connectivity index (χ0v) is 10.5. The van der Waals surface area contributed by atoms with Gasteiger partial charge in [-0.1, -0.05) is 0 Å². The standard InChI is InChI=1S/C11H26N4/c1-12-4-5-13(2)6-9-15-10-7-14(3)8-11-15/h12H,4-11H2,1-3H3. The molecule has 90 valence electrons. The molecule has 0 radical (unpaired) electrons. The molecule has 0 aromatic rings. The molecule has 0 amide bonds. The molecule has 0 atom stereocenters. The van der Waals surface area contributed by atoms with Gasteiger partial charge in [-0.15, -0.1) is 0 Å². The van der Waals surface area contributed by atoms with Crippen LogP contribution in [0.3, 0.4) is 0 Å². The van der Waals surface area contributed by atoms with Crippen molar-refractivity contribution in [2.24, 2.45) is 0 Å². The molecule has 0 unspecified atom stereocenters. The van der Waals surface area contributed by atoms with Crippen molar-refractivity contribution in [1.82, 2.24) is 20.0 Å². The van der Waals surface area contributed by atoms with Crippen molar-refractivity contribution in [1.29, 1.82) is 0 Å². The smallest absolute Gasteiger partial charge is 0.0110 e. The third kappa shape index (κ3) is 5.47. The van der Waals surface area contributed by atoms with Gasteiger partial charge in [0.1, 0.15) is 0 Å². The maximum atomic E-state index is 3.18. The first-order chi connectivity index (χ1) is 7.22. The van der Waals surface area contributed by atoms with Gasteiger partial charge in [0.05, 0.1) is 0 Å². The monoisotopic (exact) mass is 214 g/mol. The van der Waals surface area contributed by atoms with Gasteiger partial charge in [-0.2, -0.15) is 0 Å². The molecule has 1 aliphatic rings. The molecule has 0 aromatic carbocycles. The Balaban J connectivity index is 2.04. The summed E-state index contributed by atoms with van der Waals surface area (Å²) in [5, 5.41) is 3.18. The minimum absolute atomic E-state index is 1.08. The first kappa shape index (κ1) is 12.9. The molecular weight excluding hydrogens is 188 g/mol. The summed E-state index contributed by atoms with van der Waals surface area (Å²) in [6.07, 6.45) is 0. The van der Waals surface area contributed by atoms with Crippen molar-refractivity contribution in [3.05, 3.63) is 0 Å². The summed E-state index contributed by atoms with van der Waals surface area (Å²) in [5.74, 6) is 0. The van der Waals surface area contributed by atoms with Crippen LogP contribution >= 0.6 is 0 Å². The fourth-order valence-electron chi connectivity index (χ4n) is 1.80. The third-order valence-electron chi connectivity index (χ3n) is 3.14. The van der Waals surface area contributed by atoms with Gasteiger partial charge in [0.15, 0.2) is 0 Å². The van der Waals surface area contributed by atoms with Gasteiger partial charge >= 0.3 is 0 Å². The second kappa shape index (κ2) is 7.17. The maximum absolute atomic E-state index is 3.18. The Bertz CT molecular complexity index is 155. The van der Waals surface area contributed by atoms with Gasteiger partial charge in [0, 0.05) is 52.4 Å². The molecule has 1 heterocycles. The van der Waals surface area contributed by atoms with Crippen LogP contribution in [0.1, 0.15) is 0 Å². The predicted molar refractivity (Wildman–Crippen MR) is 65.4 cm³/mol. The Morgan fingerprint density at radius 1 is 1.13 bits per heavy atom. The van der Waals surface area contributed by atoms with Crippen LogP contribution in [-0.4, -0.2) is 88.2 Å². The molecule has 15 heavy (non-hydrogen) atoms. The first-order valence-electron chi connectivity index (χ1n) is 5.96. The van der Waals surface area contributed by atoms with E-state index < -0.39 is 0 Å². The van der Waals surface area contributed by atoms with E-state index in [4.69, 9.17) is 0 Å². The quantitative estimate of drug-likeness (QED) is 0.636. The zero-order chi connectivity index (χ0) is 11.1. The van der Waals surface area contributed by atoms with E-state index in [1.807, 2.05) is 7.05 Å². The van der Waals surface area contributed by atoms with Crippen molar-refractivity contribution >= 4 is 0 Å². The van der Waals surface area contributed by atoms with Gasteiger partial charge in [-0.25, -0.2) is 0 Å². The van der Waals surface area contributed by atoms with Crippen LogP contribution in [0, 0.1) is 0 Å². The van der Waals surface area contributed by atoms with E-state index in [1.165, 1.54) is 39.3 Å². The molecule has 0 spiro atoms. The minimum Gasteiger partial charge on any atom is -0.318 e. The highest BCUT2D eigenvalue weighted by atomic mass is 15.3. The Morgan fingerprint density at radius 2 is 1.80 bits per heavy atom. The molecule has 4 nitrogen and oxygen atoms in total. The van der Waals surface area contributed by atoms with Crippen LogP contribution in [-0.2, 0) is 0 Å². The van der Waals surface area contributed by atoms with Crippen molar-refractivity contribution < 1.29 is 0 Å². The lowest BCUT2D eigenvalue weighted by Gasteiger charge is -2.33. The Kier molecular flexibility index (Phi) is 6.17. The number of rotatable bonds is 6. The number of likely N-dealkylation sites (N-methyl/N-ethyl adjacent to an activating group) is 3. The first-order valence-corrected chi connectivity index (χ1v) is 5.96. The lowest BCUT2D eigenvalue weighted by atomic mass is 10.3. The van der Waals surface area contributed by atoms with Crippen LogP contribution in [0.25, 0.3) is 0 Å². The largest absolute Gasteiger partial charge is 0.318 e. The molecule has 1 aliphatic heterocycles. The SMILES string of the molecule is CNCCN(C)CCN1CCN(C)CC1. The maximum Gasteiger partial charge on any atom is 0.0110 e. The highest BCUT2D eigenvalue weighted by Gasteiger charge is 2.13. The number of hydrogen-bond donors (Lipinski definition) is 1. The fraction of sp³-hybridized carbons (Fsp3) is 1.00. The van der Waals surface area contributed by atoms with Crippen LogP contribution < -0.4 is 5.32 Å². The van der Waals surface area contributed by atoms with Crippen LogP contribution in [0.5, 0.6) is 0 Å². The molecule has 0 saturated carbocycles. The van der Waals surface area contributed by atoms with Gasteiger partial charge in [-0.3, -0.25) is 4.90 Å². The summed E-state index contributed by atoms with van der Waals surface area (Å²) < 4.78 is 0. The molecule has 1 fully saturated rings. The minimum atomic E-state index is 1.08. The number of hydrogen-bond acceptors (Lipinski definition) is 4. The topological polar surface area (TPSA) is 21.8 Å². The van der Waals surface area contributed by atoms with Crippen LogP contribution in [0.4, 0.5) is 0 Å². The summed E-state index contributed by atoms with van der Waals surface area (Å²) in [7, 11) is 6.41. The molecule has 4 heteroatoms. The Morgan fingerprint density at radius 3 is 2.40 bits per heavy atom. The van der Waals surface area contributed by atoms with Crippen molar-refractivity contribution in [2.45, 2.75) is 0 Å². The highest BCUT2D eigenvalue weighted by Crippen LogP contribution is 1.98. The van der Waals surface area contributed by atoms with Crippen molar-refractivity contribution in [3.63, 3.8) is 0 Å². The predicted octanol–water partition coefficient (Wildman–Crippen LogP) is -0.615. The molecule has 1 rings (SSSR count). The van der Waals surface area contributed by atoms with E-state index in [-0.39, 0.29) is 0 Å². The van der Waals surface area contributed by atoms with Gasteiger partial charge in [-0.05, 0) is 21.1 Å². The summed E-state index contributed by atoms with van der Waals surface area (Å²) in [4.78, 5) is 7.37. The summed E-state index contributed by atoms with van der Waals surface area (Å²) in [6, 6.07) is 0. The molecule has 0 bridgehead atoms. The molecule has 0 aromatic heterocycles. The molecule has 1 N–H and O–H groups in total.